The van der Waals surface area contributed by atoms with Gasteiger partial charge in [-0.25, -0.2) is 9.97 Å². The average molecular weight is 501 g/mol. The monoisotopic (exact) mass is 500 g/mol. The molecule has 2 aromatic heterocycles. The van der Waals surface area contributed by atoms with Gasteiger partial charge in [0, 0.05) is 21.4 Å². The topological polar surface area (TPSA) is 82.8 Å². The van der Waals surface area contributed by atoms with Crippen molar-refractivity contribution in [2.24, 2.45) is 10.2 Å². The number of carbonyl (C=O) groups is 1. The van der Waals surface area contributed by atoms with E-state index in [2.05, 4.69) is 46.4 Å². The molecule has 1 aliphatic rings. The summed E-state index contributed by atoms with van der Waals surface area (Å²) in [7, 11) is 0. The number of amides is 1. The molecule has 0 atom stereocenters. The third kappa shape index (κ3) is 4.65. The number of hydrogen-bond donors (Lipinski definition) is 1. The number of nitrogens with one attached hydrogen (secondary N) is 1. The maximum Gasteiger partial charge on any atom is 0.303 e. The maximum atomic E-state index is 13.5. The van der Waals surface area contributed by atoms with E-state index in [9.17, 15) is 4.79 Å². The highest BCUT2D eigenvalue weighted by Gasteiger charge is 2.36. The first-order chi connectivity index (χ1) is 16.8. The van der Waals surface area contributed by atoms with Gasteiger partial charge >= 0.3 is 5.91 Å². The fraction of sp³-hybridized carbons (Fsp3) is 0.192. The highest BCUT2D eigenvalue weighted by atomic mass is 32.1. The number of carbonyl (C=O) groups excluding carboxylic acids is 1. The number of rotatable bonds is 5. The minimum absolute atomic E-state index is 0.0211. The smallest absolute Gasteiger partial charge is 0.265 e. The number of thiazole rings is 2. The SMILES string of the molecule is Cc1nc(N/N=C2\C(=O)N(c3nc(-c4ccccc4)cs3)N=C2c2ccccc2)sc1C(C)(C)C. The van der Waals surface area contributed by atoms with Crippen molar-refractivity contribution < 1.29 is 4.79 Å². The highest BCUT2D eigenvalue weighted by Crippen LogP contribution is 2.34. The second-order valence-corrected chi connectivity index (χ2v) is 10.9. The van der Waals surface area contributed by atoms with E-state index in [1.54, 1.807) is 11.3 Å². The molecule has 3 heterocycles. The van der Waals surface area contributed by atoms with Crippen molar-refractivity contribution >= 4 is 50.3 Å². The van der Waals surface area contributed by atoms with Gasteiger partial charge in [0.25, 0.3) is 0 Å². The van der Waals surface area contributed by atoms with E-state index < -0.39 is 0 Å². The predicted molar refractivity (Wildman–Crippen MR) is 145 cm³/mol. The Morgan fingerprint density at radius 3 is 2.23 bits per heavy atom. The number of hydrogen-bond acceptors (Lipinski definition) is 8. The van der Waals surface area contributed by atoms with Crippen LogP contribution in [0, 0.1) is 6.92 Å². The Morgan fingerprint density at radius 2 is 1.60 bits per heavy atom. The minimum Gasteiger partial charge on any atom is -0.265 e. The minimum atomic E-state index is -0.338. The molecule has 0 spiro atoms. The molecule has 1 N–H and O–H groups in total. The van der Waals surface area contributed by atoms with Gasteiger partial charge in [0.2, 0.25) is 10.3 Å². The zero-order valence-electron chi connectivity index (χ0n) is 19.8. The molecule has 0 saturated heterocycles. The molecular formula is C26H24N6OS2. The fourth-order valence-electron chi connectivity index (χ4n) is 3.76. The Hall–Kier alpha value is -3.69. The van der Waals surface area contributed by atoms with E-state index in [4.69, 9.17) is 0 Å². The van der Waals surface area contributed by atoms with Crippen molar-refractivity contribution in [3.63, 3.8) is 0 Å². The zero-order valence-corrected chi connectivity index (χ0v) is 21.4. The van der Waals surface area contributed by atoms with Crippen LogP contribution in [0.5, 0.6) is 0 Å². The third-order valence-corrected chi connectivity index (χ3v) is 7.65. The summed E-state index contributed by atoms with van der Waals surface area (Å²) in [6.45, 7) is 8.44. The molecule has 4 aromatic rings. The zero-order chi connectivity index (χ0) is 24.6. The molecular weight excluding hydrogens is 476 g/mol. The van der Waals surface area contributed by atoms with Gasteiger partial charge in [-0.15, -0.1) is 11.3 Å². The second kappa shape index (κ2) is 9.16. The van der Waals surface area contributed by atoms with Gasteiger partial charge in [0.1, 0.15) is 5.71 Å². The van der Waals surface area contributed by atoms with Crippen LogP contribution in [-0.4, -0.2) is 27.3 Å². The Kier molecular flexibility index (Phi) is 6.04. The molecule has 0 unspecified atom stereocenters. The molecule has 0 fully saturated rings. The molecule has 9 heteroatoms. The Morgan fingerprint density at radius 1 is 0.943 bits per heavy atom. The van der Waals surface area contributed by atoms with Crippen LogP contribution < -0.4 is 10.4 Å². The molecule has 35 heavy (non-hydrogen) atoms. The van der Waals surface area contributed by atoms with E-state index in [1.807, 2.05) is 73.0 Å². The maximum absolute atomic E-state index is 13.5. The molecule has 7 nitrogen and oxygen atoms in total. The summed E-state index contributed by atoms with van der Waals surface area (Å²) < 4.78 is 0. The van der Waals surface area contributed by atoms with Gasteiger partial charge in [-0.1, -0.05) is 92.8 Å². The molecule has 176 valence electrons. The summed E-state index contributed by atoms with van der Waals surface area (Å²) in [6.07, 6.45) is 0. The lowest BCUT2D eigenvalue weighted by Gasteiger charge is -2.16. The average Bonchev–Trinajstić information content (AvgIpc) is 3.56. The molecule has 5 rings (SSSR count). The van der Waals surface area contributed by atoms with Crippen molar-refractivity contribution in [1.29, 1.82) is 0 Å². The first kappa shape index (κ1) is 23.1. The lowest BCUT2D eigenvalue weighted by Crippen LogP contribution is -2.28. The Labute approximate surface area is 211 Å². The number of hydrazone groups is 2. The normalized spacial score (nSPS) is 15.1. The summed E-state index contributed by atoms with van der Waals surface area (Å²) in [6, 6.07) is 19.4. The van der Waals surface area contributed by atoms with Crippen molar-refractivity contribution in [1.82, 2.24) is 9.97 Å². The van der Waals surface area contributed by atoms with Gasteiger partial charge in [-0.05, 0) is 12.3 Å². The summed E-state index contributed by atoms with van der Waals surface area (Å²) in [5, 5.41) is 13.5. The van der Waals surface area contributed by atoms with Crippen LogP contribution in [0.15, 0.2) is 76.2 Å². The van der Waals surface area contributed by atoms with Gasteiger partial charge in [0.05, 0.1) is 11.4 Å². The molecule has 2 aromatic carbocycles. The first-order valence-corrected chi connectivity index (χ1v) is 12.8. The van der Waals surface area contributed by atoms with Gasteiger partial charge in [-0.2, -0.15) is 15.2 Å². The van der Waals surface area contributed by atoms with Crippen LogP contribution in [0.4, 0.5) is 10.3 Å². The fourth-order valence-corrected chi connectivity index (χ4v) is 5.51. The lowest BCUT2D eigenvalue weighted by molar-refractivity contribution is -0.112. The lowest BCUT2D eigenvalue weighted by atomic mass is 9.94. The van der Waals surface area contributed by atoms with Gasteiger partial charge < -0.3 is 0 Å². The Balaban J connectivity index is 1.49. The summed E-state index contributed by atoms with van der Waals surface area (Å²) >= 11 is 2.91. The van der Waals surface area contributed by atoms with E-state index in [-0.39, 0.29) is 17.0 Å². The van der Waals surface area contributed by atoms with E-state index in [0.29, 0.717) is 16.0 Å². The molecule has 0 bridgehead atoms. The quantitative estimate of drug-likeness (QED) is 0.336. The molecule has 0 radical (unpaired) electrons. The molecule has 1 aliphatic heterocycles. The van der Waals surface area contributed by atoms with Crippen molar-refractivity contribution in [3.05, 3.63) is 82.2 Å². The van der Waals surface area contributed by atoms with E-state index in [0.717, 1.165) is 22.5 Å². The van der Waals surface area contributed by atoms with Gasteiger partial charge in [-0.3, -0.25) is 10.2 Å². The number of anilines is 2. The second-order valence-electron chi connectivity index (χ2n) is 9.07. The summed E-state index contributed by atoms with van der Waals surface area (Å²) in [5.74, 6) is -0.338. The summed E-state index contributed by atoms with van der Waals surface area (Å²) in [5.41, 5.74) is 7.23. The largest absolute Gasteiger partial charge is 0.303 e. The van der Waals surface area contributed by atoms with Crippen molar-refractivity contribution in [3.8, 4) is 11.3 Å². The number of aryl methyl sites for hydroxylation is 1. The number of aromatic nitrogens is 2. The van der Waals surface area contributed by atoms with Gasteiger partial charge in [0.15, 0.2) is 5.71 Å². The molecule has 0 saturated carbocycles. The number of nitrogens with zero attached hydrogens (tertiary/aromatic N) is 5. The molecule has 1 amide bonds. The van der Waals surface area contributed by atoms with Crippen LogP contribution >= 0.6 is 22.7 Å². The van der Waals surface area contributed by atoms with Crippen molar-refractivity contribution in [2.45, 2.75) is 33.1 Å². The van der Waals surface area contributed by atoms with E-state index >= 15 is 0 Å². The number of benzene rings is 2. The van der Waals surface area contributed by atoms with E-state index in [1.165, 1.54) is 21.2 Å². The highest BCUT2D eigenvalue weighted by molar-refractivity contribution is 7.16. The van der Waals surface area contributed by atoms with Crippen LogP contribution in [0.1, 0.15) is 36.9 Å². The first-order valence-electron chi connectivity index (χ1n) is 11.1. The van der Waals surface area contributed by atoms with Crippen LogP contribution in [0.3, 0.4) is 0 Å². The predicted octanol–water partition coefficient (Wildman–Crippen LogP) is 6.09. The molecule has 0 aliphatic carbocycles. The van der Waals surface area contributed by atoms with Crippen LogP contribution in [0.25, 0.3) is 11.3 Å². The summed E-state index contributed by atoms with van der Waals surface area (Å²) in [4.78, 5) is 23.9. The van der Waals surface area contributed by atoms with Crippen molar-refractivity contribution in [2.75, 3.05) is 10.4 Å². The van der Waals surface area contributed by atoms with Crippen LogP contribution in [0.2, 0.25) is 0 Å². The standard InChI is InChI=1S/C26H24N6OS2/c1-16-22(26(2,3)4)35-24(27-16)30-29-21-20(18-13-9-6-10-14-18)31-32(23(21)33)25-28-19(15-34-25)17-11-7-5-8-12-17/h5-15H,1-4H3,(H,27,30)/b29-21-. The Bertz CT molecular complexity index is 1430. The third-order valence-electron chi connectivity index (χ3n) is 5.35. The van der Waals surface area contributed by atoms with Crippen LogP contribution in [-0.2, 0) is 10.2 Å².